The van der Waals surface area contributed by atoms with Crippen LogP contribution in [0.1, 0.15) is 40.6 Å². The van der Waals surface area contributed by atoms with Crippen molar-refractivity contribution < 1.29 is 0 Å². The Morgan fingerprint density at radius 1 is 1.15 bits per heavy atom. The van der Waals surface area contributed by atoms with E-state index in [0.29, 0.717) is 0 Å². The third-order valence-corrected chi connectivity index (χ3v) is 3.96. The number of aromatic nitrogens is 2. The first-order valence-corrected chi connectivity index (χ1v) is 7.23. The third kappa shape index (κ3) is 3.10. The number of nitrogens with zero attached hydrogens (tertiary/aromatic N) is 2. The molecular weight excluding hydrogens is 246 g/mol. The van der Waals surface area contributed by atoms with E-state index in [0.717, 1.165) is 18.7 Å². The first-order chi connectivity index (χ1) is 9.38. The molecule has 1 aromatic carbocycles. The van der Waals surface area contributed by atoms with Gasteiger partial charge in [0.1, 0.15) is 0 Å². The van der Waals surface area contributed by atoms with Crippen LogP contribution in [0.15, 0.2) is 18.2 Å². The molecule has 2 rings (SSSR count). The molecule has 0 spiro atoms. The van der Waals surface area contributed by atoms with Gasteiger partial charge in [0.15, 0.2) is 0 Å². The molecule has 1 heterocycles. The van der Waals surface area contributed by atoms with E-state index in [2.05, 4.69) is 55.7 Å². The second-order valence-corrected chi connectivity index (χ2v) is 5.91. The molecule has 0 aliphatic carbocycles. The molecule has 0 fully saturated rings. The van der Waals surface area contributed by atoms with Crippen LogP contribution in [0.25, 0.3) is 0 Å². The maximum Gasteiger partial charge on any atom is 0.0662 e. The summed E-state index contributed by atoms with van der Waals surface area (Å²) in [5.74, 6) is 0. The average Bonchev–Trinajstić information content (AvgIpc) is 2.61. The number of benzene rings is 1. The first-order valence-electron chi connectivity index (χ1n) is 7.23. The lowest BCUT2D eigenvalue weighted by Crippen LogP contribution is -2.18. The van der Waals surface area contributed by atoms with Gasteiger partial charge in [-0.25, -0.2) is 0 Å². The van der Waals surface area contributed by atoms with Crippen molar-refractivity contribution in [3.63, 3.8) is 0 Å². The summed E-state index contributed by atoms with van der Waals surface area (Å²) >= 11 is 0. The highest BCUT2D eigenvalue weighted by atomic mass is 15.3. The molecule has 2 aromatic rings. The topological polar surface area (TPSA) is 43.8 Å². The summed E-state index contributed by atoms with van der Waals surface area (Å²) in [6.45, 7) is 11.4. The van der Waals surface area contributed by atoms with Crippen molar-refractivity contribution in [1.29, 1.82) is 0 Å². The van der Waals surface area contributed by atoms with Crippen molar-refractivity contribution >= 4 is 0 Å². The Kier molecular flexibility index (Phi) is 4.29. The fraction of sp³-hybridized carbons (Fsp3) is 0.471. The lowest BCUT2D eigenvalue weighted by molar-refractivity contribution is 0.655. The Hall–Kier alpha value is -1.61. The van der Waals surface area contributed by atoms with E-state index < -0.39 is 0 Å². The van der Waals surface area contributed by atoms with E-state index in [1.165, 1.54) is 27.9 Å². The minimum Gasteiger partial charge on any atom is -0.328 e. The lowest BCUT2D eigenvalue weighted by atomic mass is 10.1. The summed E-state index contributed by atoms with van der Waals surface area (Å²) < 4.78 is 2.09. The van der Waals surface area contributed by atoms with Gasteiger partial charge in [0.25, 0.3) is 0 Å². The Labute approximate surface area is 121 Å². The minimum absolute atomic E-state index is 0.173. The van der Waals surface area contributed by atoms with Crippen LogP contribution in [0.4, 0.5) is 0 Å². The zero-order valence-electron chi connectivity index (χ0n) is 13.2. The first kappa shape index (κ1) is 14.8. The molecule has 0 saturated carbocycles. The van der Waals surface area contributed by atoms with Crippen molar-refractivity contribution in [1.82, 2.24) is 9.78 Å². The van der Waals surface area contributed by atoms with Crippen LogP contribution in [0, 0.1) is 27.7 Å². The molecule has 0 bridgehead atoms. The quantitative estimate of drug-likeness (QED) is 0.929. The molecular formula is C17H25N3. The van der Waals surface area contributed by atoms with Crippen molar-refractivity contribution in [3.8, 4) is 0 Å². The normalized spacial score (nSPS) is 12.7. The lowest BCUT2D eigenvalue weighted by Gasteiger charge is -2.09. The van der Waals surface area contributed by atoms with Gasteiger partial charge in [-0.2, -0.15) is 5.10 Å². The zero-order chi connectivity index (χ0) is 14.9. The van der Waals surface area contributed by atoms with Crippen LogP contribution >= 0.6 is 0 Å². The van der Waals surface area contributed by atoms with Gasteiger partial charge in [-0.3, -0.25) is 4.68 Å². The van der Waals surface area contributed by atoms with Gasteiger partial charge in [0.2, 0.25) is 0 Å². The third-order valence-electron chi connectivity index (χ3n) is 3.96. The van der Waals surface area contributed by atoms with Crippen molar-refractivity contribution in [2.45, 2.75) is 53.6 Å². The van der Waals surface area contributed by atoms with Gasteiger partial charge < -0.3 is 5.73 Å². The zero-order valence-corrected chi connectivity index (χ0v) is 13.2. The van der Waals surface area contributed by atoms with Crippen molar-refractivity contribution in [3.05, 3.63) is 51.8 Å². The molecule has 0 saturated heterocycles. The molecule has 0 amide bonds. The summed E-state index contributed by atoms with van der Waals surface area (Å²) in [4.78, 5) is 0. The largest absolute Gasteiger partial charge is 0.328 e. The van der Waals surface area contributed by atoms with Gasteiger partial charge in [0.05, 0.1) is 12.2 Å². The van der Waals surface area contributed by atoms with Crippen LogP contribution in [-0.2, 0) is 13.0 Å². The summed E-state index contributed by atoms with van der Waals surface area (Å²) in [5, 5.41) is 4.67. The van der Waals surface area contributed by atoms with Crippen LogP contribution in [0.3, 0.4) is 0 Å². The van der Waals surface area contributed by atoms with Gasteiger partial charge in [-0.15, -0.1) is 0 Å². The van der Waals surface area contributed by atoms with Crippen LogP contribution in [-0.4, -0.2) is 15.8 Å². The number of rotatable bonds is 4. The van der Waals surface area contributed by atoms with E-state index >= 15 is 0 Å². The Bertz CT molecular complexity index is 609. The molecule has 0 radical (unpaired) electrons. The molecule has 1 atom stereocenters. The summed E-state index contributed by atoms with van der Waals surface area (Å²) in [6, 6.07) is 6.78. The van der Waals surface area contributed by atoms with E-state index in [1.54, 1.807) is 0 Å². The van der Waals surface area contributed by atoms with E-state index in [1.807, 2.05) is 6.92 Å². The van der Waals surface area contributed by atoms with E-state index in [4.69, 9.17) is 5.73 Å². The van der Waals surface area contributed by atoms with Crippen LogP contribution in [0.5, 0.6) is 0 Å². The molecule has 3 nitrogen and oxygen atoms in total. The maximum absolute atomic E-state index is 5.92. The molecule has 1 aromatic heterocycles. The number of hydrogen-bond acceptors (Lipinski definition) is 2. The molecule has 0 aliphatic heterocycles. The Balaban J connectivity index is 2.27. The number of nitrogens with two attached hydrogens (primary N) is 1. The summed E-state index contributed by atoms with van der Waals surface area (Å²) in [7, 11) is 0. The average molecular weight is 271 g/mol. The molecule has 108 valence electrons. The predicted molar refractivity (Wildman–Crippen MR) is 84.1 cm³/mol. The second-order valence-electron chi connectivity index (χ2n) is 5.91. The second kappa shape index (κ2) is 5.80. The van der Waals surface area contributed by atoms with Crippen molar-refractivity contribution in [2.75, 3.05) is 0 Å². The van der Waals surface area contributed by atoms with Crippen LogP contribution in [0.2, 0.25) is 0 Å². The van der Waals surface area contributed by atoms with E-state index in [-0.39, 0.29) is 6.04 Å². The standard InChI is InChI=1S/C17H25N3/c1-11-6-7-16(8-12(11)2)10-20-15(5)17(9-13(3)18)14(4)19-20/h6-8,13H,9-10,18H2,1-5H3. The highest BCUT2D eigenvalue weighted by molar-refractivity contribution is 5.31. The molecule has 3 heteroatoms. The summed E-state index contributed by atoms with van der Waals surface area (Å²) in [6.07, 6.45) is 0.893. The fourth-order valence-corrected chi connectivity index (χ4v) is 2.58. The van der Waals surface area contributed by atoms with Gasteiger partial charge in [-0.1, -0.05) is 18.2 Å². The highest BCUT2D eigenvalue weighted by Gasteiger charge is 2.13. The van der Waals surface area contributed by atoms with Crippen molar-refractivity contribution in [2.24, 2.45) is 5.73 Å². The number of hydrogen-bond donors (Lipinski definition) is 1. The predicted octanol–water partition coefficient (Wildman–Crippen LogP) is 3.05. The summed E-state index contributed by atoms with van der Waals surface area (Å²) in [5.41, 5.74) is 13.5. The maximum atomic E-state index is 5.92. The van der Waals surface area contributed by atoms with Gasteiger partial charge in [0, 0.05) is 11.7 Å². The smallest absolute Gasteiger partial charge is 0.0662 e. The Morgan fingerprint density at radius 2 is 1.85 bits per heavy atom. The highest BCUT2D eigenvalue weighted by Crippen LogP contribution is 2.17. The molecule has 1 unspecified atom stereocenters. The molecule has 0 aliphatic rings. The monoisotopic (exact) mass is 271 g/mol. The SMILES string of the molecule is Cc1ccc(Cn2nc(C)c(CC(C)N)c2C)cc1C. The number of aryl methyl sites for hydroxylation is 3. The fourth-order valence-electron chi connectivity index (χ4n) is 2.58. The minimum atomic E-state index is 0.173. The van der Waals surface area contributed by atoms with Gasteiger partial charge in [-0.05, 0) is 63.3 Å². The van der Waals surface area contributed by atoms with Crippen LogP contribution < -0.4 is 5.73 Å². The van der Waals surface area contributed by atoms with E-state index in [9.17, 15) is 0 Å². The van der Waals surface area contributed by atoms with Gasteiger partial charge >= 0.3 is 0 Å². The molecule has 2 N–H and O–H groups in total. The molecule has 20 heavy (non-hydrogen) atoms. The Morgan fingerprint density at radius 3 is 2.45 bits per heavy atom.